The molecule has 0 saturated carbocycles. The number of hydrogen-bond acceptors (Lipinski definition) is 5. The molecule has 0 aliphatic heterocycles. The van der Waals surface area contributed by atoms with Crippen molar-refractivity contribution in [2.24, 2.45) is 12.5 Å². The summed E-state index contributed by atoms with van der Waals surface area (Å²) in [6, 6.07) is 4.26. The number of amides is 2. The van der Waals surface area contributed by atoms with Gasteiger partial charge in [-0.25, -0.2) is 4.79 Å². The van der Waals surface area contributed by atoms with Crippen molar-refractivity contribution in [1.82, 2.24) is 20.1 Å². The number of rotatable bonds is 9. The number of aromatic nitrogens is 1. The van der Waals surface area contributed by atoms with Gasteiger partial charge in [0.2, 0.25) is 11.8 Å². The predicted molar refractivity (Wildman–Crippen MR) is 144 cm³/mol. The first-order valence-electron chi connectivity index (χ1n) is 12.0. The molecule has 9 heteroatoms. The predicted octanol–water partition coefficient (Wildman–Crippen LogP) is 2.65. The number of nitrogens with one attached hydrogen (secondary N) is 2. The minimum atomic E-state index is -1.04. The third-order valence-electron chi connectivity index (χ3n) is 6.76. The molecule has 0 aliphatic rings. The number of likely N-dealkylation sites (N-methyl/N-ethyl adjacent to an activating group) is 2. The summed E-state index contributed by atoms with van der Waals surface area (Å²) >= 11 is 0. The molecule has 2 atom stereocenters. The Morgan fingerprint density at radius 3 is 2.31 bits per heavy atom. The van der Waals surface area contributed by atoms with Crippen LogP contribution in [0.3, 0.4) is 0 Å². The summed E-state index contributed by atoms with van der Waals surface area (Å²) in [5.41, 5.74) is 7.61. The van der Waals surface area contributed by atoms with E-state index in [0.717, 1.165) is 16.5 Å². The summed E-state index contributed by atoms with van der Waals surface area (Å²) in [7, 11) is 5.28. The number of aryl methyl sites for hydroxylation is 1. The van der Waals surface area contributed by atoms with Crippen LogP contribution in [0.2, 0.25) is 0 Å². The van der Waals surface area contributed by atoms with Crippen molar-refractivity contribution in [1.29, 1.82) is 0 Å². The topological polar surface area (TPSA) is 130 Å². The highest BCUT2D eigenvalue weighted by atomic mass is 16.4. The van der Waals surface area contributed by atoms with Crippen LogP contribution in [0, 0.1) is 5.41 Å². The Bertz CT molecular complexity index is 1170. The van der Waals surface area contributed by atoms with Crippen LogP contribution in [0.5, 0.6) is 0 Å². The summed E-state index contributed by atoms with van der Waals surface area (Å²) in [5.74, 6) is -1.64. The maximum Gasteiger partial charge on any atom is 0.331 e. The maximum atomic E-state index is 13.7. The van der Waals surface area contributed by atoms with Gasteiger partial charge in [0.1, 0.15) is 6.04 Å². The number of carbonyl (C=O) groups excluding carboxylic acids is 2. The Labute approximate surface area is 213 Å². The molecule has 198 valence electrons. The number of aliphatic carboxylic acids is 1. The lowest BCUT2D eigenvalue weighted by Gasteiger charge is -2.38. The Hall–Kier alpha value is -3.33. The summed E-state index contributed by atoms with van der Waals surface area (Å²) in [6.45, 7) is 11.2. The highest BCUT2D eigenvalue weighted by Gasteiger charge is 2.41. The molecule has 0 bridgehead atoms. The van der Waals surface area contributed by atoms with Gasteiger partial charge in [-0.2, -0.15) is 0 Å². The second-order valence-electron chi connectivity index (χ2n) is 11.1. The van der Waals surface area contributed by atoms with Crippen molar-refractivity contribution in [3.05, 3.63) is 41.6 Å². The number of fused-ring (bicyclic) bond motifs is 1. The molecule has 2 rings (SSSR count). The quantitative estimate of drug-likeness (QED) is 0.310. The number of carbonyl (C=O) groups is 3. The fourth-order valence-electron chi connectivity index (χ4n) is 4.44. The second-order valence-corrected chi connectivity index (χ2v) is 11.1. The van der Waals surface area contributed by atoms with Crippen molar-refractivity contribution < 1.29 is 19.5 Å². The van der Waals surface area contributed by atoms with Gasteiger partial charge in [-0.05, 0) is 43.1 Å². The molecule has 0 saturated heterocycles. The van der Waals surface area contributed by atoms with E-state index in [9.17, 15) is 14.4 Å². The first-order valence-corrected chi connectivity index (χ1v) is 12.0. The molecule has 0 aliphatic carbocycles. The lowest BCUT2D eigenvalue weighted by molar-refractivity contribution is -0.139. The van der Waals surface area contributed by atoms with Crippen molar-refractivity contribution >= 4 is 34.4 Å². The number of nitrogens with two attached hydrogens (primary N) is 1. The van der Waals surface area contributed by atoms with Crippen LogP contribution in [0.4, 0.5) is 5.69 Å². The van der Waals surface area contributed by atoms with Crippen molar-refractivity contribution in [2.75, 3.05) is 26.4 Å². The van der Waals surface area contributed by atoms with Gasteiger partial charge in [-0.15, -0.1) is 0 Å². The summed E-state index contributed by atoms with van der Waals surface area (Å²) in [4.78, 5) is 39.6. The molecule has 0 fully saturated rings. The van der Waals surface area contributed by atoms with Gasteiger partial charge in [0.05, 0.1) is 6.04 Å². The number of carboxylic acids is 1. The second kappa shape index (κ2) is 10.7. The van der Waals surface area contributed by atoms with E-state index >= 15 is 0 Å². The minimum absolute atomic E-state index is 0.123. The van der Waals surface area contributed by atoms with E-state index in [-0.39, 0.29) is 23.9 Å². The standard InChI is InChI=1S/C27H41N5O4/c1-16(25(35)36)12-13-31(8)24(34)22(26(2,3)4)30-23(33)21(29-7)27(5,6)19-15-32(9)20-11-10-17(28)14-18(19)20/h10-12,14-15,21-22,29H,13,28H2,1-9H3,(H,30,33)(H,35,36)/b16-12+. The largest absolute Gasteiger partial charge is 0.478 e. The fraction of sp³-hybridized carbons (Fsp3) is 0.519. The molecular weight excluding hydrogens is 458 g/mol. The van der Waals surface area contributed by atoms with Crippen molar-refractivity contribution in [2.45, 2.75) is 59.0 Å². The molecule has 0 spiro atoms. The molecule has 9 nitrogen and oxygen atoms in total. The molecular formula is C27H41N5O4. The van der Waals surface area contributed by atoms with Gasteiger partial charge < -0.3 is 30.9 Å². The molecule has 1 aromatic carbocycles. The van der Waals surface area contributed by atoms with Crippen LogP contribution in [0.1, 0.15) is 47.1 Å². The lowest BCUT2D eigenvalue weighted by atomic mass is 9.76. The molecule has 0 radical (unpaired) electrons. The monoisotopic (exact) mass is 499 g/mol. The molecule has 1 aromatic heterocycles. The minimum Gasteiger partial charge on any atom is -0.478 e. The Morgan fingerprint density at radius 2 is 1.78 bits per heavy atom. The van der Waals surface area contributed by atoms with Gasteiger partial charge in [0.15, 0.2) is 0 Å². The molecule has 36 heavy (non-hydrogen) atoms. The lowest BCUT2D eigenvalue weighted by Crippen LogP contribution is -2.60. The number of benzene rings is 1. The van der Waals surface area contributed by atoms with Crippen LogP contribution in [-0.2, 0) is 26.8 Å². The average Bonchev–Trinajstić information content (AvgIpc) is 3.10. The van der Waals surface area contributed by atoms with E-state index in [1.807, 2.05) is 70.6 Å². The Kier molecular flexibility index (Phi) is 8.62. The summed E-state index contributed by atoms with van der Waals surface area (Å²) < 4.78 is 2.01. The third kappa shape index (κ3) is 6.07. The van der Waals surface area contributed by atoms with Crippen LogP contribution >= 0.6 is 0 Å². The fourth-order valence-corrected chi connectivity index (χ4v) is 4.44. The normalized spacial score (nSPS) is 14.4. The third-order valence-corrected chi connectivity index (χ3v) is 6.76. The molecule has 5 N–H and O–H groups in total. The van der Waals surface area contributed by atoms with Gasteiger partial charge >= 0.3 is 5.97 Å². The number of hydrogen-bond donors (Lipinski definition) is 4. The van der Waals surface area contributed by atoms with Crippen molar-refractivity contribution in [3.8, 4) is 0 Å². The van der Waals surface area contributed by atoms with Gasteiger partial charge in [0, 0.05) is 54.4 Å². The summed E-state index contributed by atoms with van der Waals surface area (Å²) in [6.07, 6.45) is 3.49. The molecule has 1 heterocycles. The smallest absolute Gasteiger partial charge is 0.331 e. The molecule has 2 amide bonds. The highest BCUT2D eigenvalue weighted by molar-refractivity contribution is 5.93. The van der Waals surface area contributed by atoms with Crippen LogP contribution < -0.4 is 16.4 Å². The first kappa shape index (κ1) is 28.9. The number of nitrogen functional groups attached to an aromatic ring is 1. The Balaban J connectivity index is 2.37. The average molecular weight is 500 g/mol. The van der Waals surface area contributed by atoms with Gasteiger partial charge in [-0.1, -0.05) is 40.7 Å². The number of nitrogens with zero attached hydrogens (tertiary/aromatic N) is 2. The van der Waals surface area contributed by atoms with Crippen molar-refractivity contribution in [3.63, 3.8) is 0 Å². The SMILES string of the molecule is CNC(C(=O)NC(C(=O)N(C)C/C=C(\C)C(=O)O)C(C)(C)C)C(C)(C)c1cn(C)c2ccc(N)cc12. The summed E-state index contributed by atoms with van der Waals surface area (Å²) in [5, 5.41) is 16.2. The molecule has 2 unspecified atom stereocenters. The van der Waals surface area contributed by atoms with Crippen LogP contribution in [0.25, 0.3) is 10.9 Å². The number of anilines is 1. The van der Waals surface area contributed by atoms with E-state index < -0.39 is 28.9 Å². The van der Waals surface area contributed by atoms with E-state index in [2.05, 4.69) is 10.6 Å². The zero-order valence-corrected chi connectivity index (χ0v) is 22.9. The van der Waals surface area contributed by atoms with E-state index in [1.54, 1.807) is 14.1 Å². The van der Waals surface area contributed by atoms with E-state index in [4.69, 9.17) is 10.8 Å². The van der Waals surface area contributed by atoms with Gasteiger partial charge in [-0.3, -0.25) is 9.59 Å². The van der Waals surface area contributed by atoms with E-state index in [1.165, 1.54) is 17.9 Å². The Morgan fingerprint density at radius 1 is 1.17 bits per heavy atom. The van der Waals surface area contributed by atoms with Gasteiger partial charge in [0.25, 0.3) is 0 Å². The molecule has 2 aromatic rings. The highest BCUT2D eigenvalue weighted by Crippen LogP contribution is 2.35. The van der Waals surface area contributed by atoms with Crippen LogP contribution in [-0.4, -0.2) is 65.1 Å². The first-order chi connectivity index (χ1) is 16.5. The maximum absolute atomic E-state index is 13.7. The zero-order valence-electron chi connectivity index (χ0n) is 22.9. The van der Waals surface area contributed by atoms with Crippen LogP contribution in [0.15, 0.2) is 36.0 Å². The number of carboxylic acid groups (broad SMARTS) is 1. The zero-order chi connectivity index (χ0) is 27.6. The van der Waals surface area contributed by atoms with E-state index in [0.29, 0.717) is 5.69 Å².